The summed E-state index contributed by atoms with van der Waals surface area (Å²) in [5.74, 6) is -0.601. The van der Waals surface area contributed by atoms with Crippen molar-refractivity contribution in [3.8, 4) is 0 Å². The van der Waals surface area contributed by atoms with Crippen LogP contribution in [0.2, 0.25) is 0 Å². The van der Waals surface area contributed by atoms with Gasteiger partial charge in [0.15, 0.2) is 0 Å². The minimum Gasteiger partial charge on any atom is -0.462 e. The van der Waals surface area contributed by atoms with Crippen molar-refractivity contribution in [2.24, 2.45) is 0 Å². The van der Waals surface area contributed by atoms with E-state index in [2.05, 4.69) is 10.4 Å². The molecule has 6 nitrogen and oxygen atoms in total. The summed E-state index contributed by atoms with van der Waals surface area (Å²) in [6.07, 6.45) is 2.88. The molecule has 0 saturated heterocycles. The molecule has 0 aliphatic rings. The van der Waals surface area contributed by atoms with Crippen molar-refractivity contribution in [1.82, 2.24) is 15.1 Å². The van der Waals surface area contributed by atoms with Gasteiger partial charge in [0.05, 0.1) is 18.4 Å². The van der Waals surface area contributed by atoms with Gasteiger partial charge >= 0.3 is 5.97 Å². The first-order chi connectivity index (χ1) is 7.60. The van der Waals surface area contributed by atoms with E-state index in [0.717, 1.165) is 0 Å². The van der Waals surface area contributed by atoms with Crippen LogP contribution in [0.3, 0.4) is 0 Å². The van der Waals surface area contributed by atoms with Crippen molar-refractivity contribution in [2.75, 3.05) is 13.7 Å². The summed E-state index contributed by atoms with van der Waals surface area (Å²) in [5, 5.41) is 6.45. The number of nitrogens with one attached hydrogen (secondary N) is 1. The lowest BCUT2D eigenvalue weighted by Gasteiger charge is -2.09. The highest BCUT2D eigenvalue weighted by atomic mass is 16.5. The van der Waals surface area contributed by atoms with Crippen molar-refractivity contribution >= 4 is 11.9 Å². The molecule has 1 amide bonds. The third-order valence-electron chi connectivity index (χ3n) is 2.14. The monoisotopic (exact) mass is 225 g/mol. The van der Waals surface area contributed by atoms with Crippen LogP contribution in [0.5, 0.6) is 0 Å². The molecule has 0 fully saturated rings. The summed E-state index contributed by atoms with van der Waals surface area (Å²) in [5.41, 5.74) is 0.345. The van der Waals surface area contributed by atoms with Crippen molar-refractivity contribution in [3.05, 3.63) is 18.0 Å². The Kier molecular flexibility index (Phi) is 4.04. The fourth-order valence-corrected chi connectivity index (χ4v) is 1.20. The second kappa shape index (κ2) is 5.29. The van der Waals surface area contributed by atoms with Crippen LogP contribution < -0.4 is 5.32 Å². The van der Waals surface area contributed by atoms with E-state index in [-0.39, 0.29) is 5.91 Å². The number of esters is 1. The third kappa shape index (κ3) is 2.59. The molecule has 0 aliphatic heterocycles. The Morgan fingerprint density at radius 1 is 1.62 bits per heavy atom. The highest BCUT2D eigenvalue weighted by Crippen LogP contribution is 2.07. The number of nitrogens with zero attached hydrogens (tertiary/aromatic N) is 2. The number of likely N-dealkylation sites (N-methyl/N-ethyl adjacent to an activating group) is 1. The Balaban J connectivity index is 2.78. The summed E-state index contributed by atoms with van der Waals surface area (Å²) >= 11 is 0. The van der Waals surface area contributed by atoms with Crippen molar-refractivity contribution in [1.29, 1.82) is 0 Å². The summed E-state index contributed by atoms with van der Waals surface area (Å²) in [6, 6.07) is -0.451. The van der Waals surface area contributed by atoms with E-state index in [0.29, 0.717) is 12.2 Å². The Bertz CT molecular complexity index is 386. The number of hydrogen-bond acceptors (Lipinski definition) is 4. The molecule has 1 N–H and O–H groups in total. The minimum atomic E-state index is -0.451. The topological polar surface area (TPSA) is 73.2 Å². The fourth-order valence-electron chi connectivity index (χ4n) is 1.20. The maximum atomic E-state index is 11.3. The standard InChI is InChI=1S/C10H15N3O3/c1-4-16-10(15)8-5-12-13(6-8)7(2)9(14)11-3/h5-7H,4H2,1-3H3,(H,11,14). The lowest BCUT2D eigenvalue weighted by Crippen LogP contribution is -2.28. The van der Waals surface area contributed by atoms with Gasteiger partial charge in [0.25, 0.3) is 0 Å². The SMILES string of the molecule is CCOC(=O)c1cnn(C(C)C(=O)NC)c1. The predicted octanol–water partition coefficient (Wildman–Crippen LogP) is 0.367. The molecule has 0 aromatic carbocycles. The lowest BCUT2D eigenvalue weighted by molar-refractivity contribution is -0.123. The van der Waals surface area contributed by atoms with Crippen molar-refractivity contribution in [2.45, 2.75) is 19.9 Å². The second-order valence-electron chi connectivity index (χ2n) is 3.22. The first-order valence-electron chi connectivity index (χ1n) is 5.03. The van der Waals surface area contributed by atoms with E-state index >= 15 is 0 Å². The number of ether oxygens (including phenoxy) is 1. The number of rotatable bonds is 4. The molecule has 88 valence electrons. The second-order valence-corrected chi connectivity index (χ2v) is 3.22. The van der Waals surface area contributed by atoms with Gasteiger partial charge in [0, 0.05) is 13.2 Å². The van der Waals surface area contributed by atoms with Gasteiger partial charge in [0.1, 0.15) is 6.04 Å². The number of carbonyl (C=O) groups is 2. The maximum absolute atomic E-state index is 11.3. The normalized spacial score (nSPS) is 11.9. The molecular weight excluding hydrogens is 210 g/mol. The van der Waals surface area contributed by atoms with E-state index < -0.39 is 12.0 Å². The summed E-state index contributed by atoms with van der Waals surface area (Å²) < 4.78 is 6.24. The number of carbonyl (C=O) groups excluding carboxylic acids is 2. The molecule has 0 saturated carbocycles. The molecule has 0 spiro atoms. The van der Waals surface area contributed by atoms with Gasteiger partial charge in [-0.15, -0.1) is 0 Å². The Morgan fingerprint density at radius 3 is 2.88 bits per heavy atom. The zero-order chi connectivity index (χ0) is 12.1. The van der Waals surface area contributed by atoms with Crippen LogP contribution in [-0.4, -0.2) is 35.3 Å². The fraction of sp³-hybridized carbons (Fsp3) is 0.500. The van der Waals surface area contributed by atoms with Crippen molar-refractivity contribution < 1.29 is 14.3 Å². The smallest absolute Gasteiger partial charge is 0.341 e. The van der Waals surface area contributed by atoms with Crippen LogP contribution in [0, 0.1) is 0 Å². The van der Waals surface area contributed by atoms with E-state index in [4.69, 9.17) is 4.74 Å². The van der Waals surface area contributed by atoms with Crippen LogP contribution in [0.1, 0.15) is 30.2 Å². The van der Waals surface area contributed by atoms with E-state index in [9.17, 15) is 9.59 Å². The Labute approximate surface area is 93.6 Å². The molecule has 6 heteroatoms. The van der Waals surface area contributed by atoms with Crippen LogP contribution >= 0.6 is 0 Å². The molecule has 0 bridgehead atoms. The predicted molar refractivity (Wildman–Crippen MR) is 57.0 cm³/mol. The number of aromatic nitrogens is 2. The van der Waals surface area contributed by atoms with Crippen LogP contribution in [0.4, 0.5) is 0 Å². The zero-order valence-electron chi connectivity index (χ0n) is 9.56. The van der Waals surface area contributed by atoms with E-state index in [1.54, 1.807) is 20.9 Å². The summed E-state index contributed by atoms with van der Waals surface area (Å²) in [4.78, 5) is 22.7. The lowest BCUT2D eigenvalue weighted by atomic mass is 10.3. The van der Waals surface area contributed by atoms with Crippen LogP contribution in [0.25, 0.3) is 0 Å². The first-order valence-corrected chi connectivity index (χ1v) is 5.03. The van der Waals surface area contributed by atoms with Gasteiger partial charge in [-0.3, -0.25) is 9.48 Å². The summed E-state index contributed by atoms with van der Waals surface area (Å²) in [6.45, 7) is 3.74. The first kappa shape index (κ1) is 12.2. The van der Waals surface area contributed by atoms with Gasteiger partial charge in [0.2, 0.25) is 5.91 Å². The number of hydrogen-bond donors (Lipinski definition) is 1. The average Bonchev–Trinajstić information content (AvgIpc) is 2.76. The van der Waals surface area contributed by atoms with Gasteiger partial charge in [-0.05, 0) is 13.8 Å². The molecule has 1 heterocycles. The quantitative estimate of drug-likeness (QED) is 0.751. The van der Waals surface area contributed by atoms with Gasteiger partial charge in [-0.25, -0.2) is 4.79 Å². The maximum Gasteiger partial charge on any atom is 0.341 e. The van der Waals surface area contributed by atoms with Gasteiger partial charge in [-0.2, -0.15) is 5.10 Å². The molecule has 0 radical (unpaired) electrons. The molecule has 1 aromatic rings. The number of amides is 1. The molecule has 1 rings (SSSR count). The highest BCUT2D eigenvalue weighted by Gasteiger charge is 2.16. The summed E-state index contributed by atoms with van der Waals surface area (Å²) in [7, 11) is 1.55. The Hall–Kier alpha value is -1.85. The van der Waals surface area contributed by atoms with Gasteiger partial charge in [-0.1, -0.05) is 0 Å². The average molecular weight is 225 g/mol. The molecule has 0 aliphatic carbocycles. The van der Waals surface area contributed by atoms with Gasteiger partial charge < -0.3 is 10.1 Å². The molecular formula is C10H15N3O3. The van der Waals surface area contributed by atoms with Crippen LogP contribution in [0.15, 0.2) is 12.4 Å². The van der Waals surface area contributed by atoms with Crippen LogP contribution in [-0.2, 0) is 9.53 Å². The van der Waals surface area contributed by atoms with Crippen molar-refractivity contribution in [3.63, 3.8) is 0 Å². The van der Waals surface area contributed by atoms with E-state index in [1.165, 1.54) is 17.1 Å². The minimum absolute atomic E-state index is 0.168. The molecule has 1 unspecified atom stereocenters. The Morgan fingerprint density at radius 2 is 2.31 bits per heavy atom. The third-order valence-corrected chi connectivity index (χ3v) is 2.14. The highest BCUT2D eigenvalue weighted by molar-refractivity contribution is 5.89. The zero-order valence-corrected chi connectivity index (χ0v) is 9.56. The molecule has 16 heavy (non-hydrogen) atoms. The largest absolute Gasteiger partial charge is 0.462 e. The molecule has 1 atom stereocenters. The van der Waals surface area contributed by atoms with E-state index in [1.807, 2.05) is 0 Å². The molecule has 1 aromatic heterocycles.